The van der Waals surface area contributed by atoms with Gasteiger partial charge in [-0.3, -0.25) is 4.79 Å². The highest BCUT2D eigenvalue weighted by molar-refractivity contribution is 5.73. The molecule has 0 aromatic carbocycles. The van der Waals surface area contributed by atoms with E-state index < -0.39 is 0 Å². The minimum atomic E-state index is -0.0424. The second-order valence-electron chi connectivity index (χ2n) is 3.08. The summed E-state index contributed by atoms with van der Waals surface area (Å²) in [6.45, 7) is 2.46. The number of rotatable bonds is 5. The van der Waals surface area contributed by atoms with E-state index in [1.807, 2.05) is 24.3 Å². The first-order chi connectivity index (χ1) is 7.22. The summed E-state index contributed by atoms with van der Waals surface area (Å²) in [5, 5.41) is 2.66. The number of ether oxygens (including phenoxy) is 1. The molecular weight excluding hydrogens is 194 g/mol. The normalized spacial score (nSPS) is 10.8. The second-order valence-corrected chi connectivity index (χ2v) is 3.08. The average molecular weight is 209 g/mol. The van der Waals surface area contributed by atoms with E-state index in [1.165, 1.54) is 6.92 Å². The van der Waals surface area contributed by atoms with Crippen LogP contribution in [-0.4, -0.2) is 19.6 Å². The van der Waals surface area contributed by atoms with Crippen molar-refractivity contribution >= 4 is 12.0 Å². The molecular formula is C11H15NO3. The van der Waals surface area contributed by atoms with Gasteiger partial charge in [-0.2, -0.15) is 0 Å². The molecule has 1 aromatic heterocycles. The molecule has 82 valence electrons. The fourth-order valence-electron chi connectivity index (χ4n) is 1.08. The Morgan fingerprint density at radius 3 is 3.07 bits per heavy atom. The Morgan fingerprint density at radius 2 is 2.40 bits per heavy atom. The highest BCUT2D eigenvalue weighted by Gasteiger charge is 1.97. The molecule has 4 heteroatoms. The van der Waals surface area contributed by atoms with Gasteiger partial charge in [-0.15, -0.1) is 0 Å². The van der Waals surface area contributed by atoms with Crippen LogP contribution in [0.4, 0.5) is 0 Å². The van der Waals surface area contributed by atoms with Gasteiger partial charge in [0.25, 0.3) is 0 Å². The SMILES string of the molecule is COCc1ccc(C=CCNC(C)=O)o1. The van der Waals surface area contributed by atoms with E-state index in [0.717, 1.165) is 11.5 Å². The molecule has 1 amide bonds. The molecule has 0 aliphatic heterocycles. The van der Waals surface area contributed by atoms with Crippen molar-refractivity contribution in [2.45, 2.75) is 13.5 Å². The number of hydrogen-bond acceptors (Lipinski definition) is 3. The van der Waals surface area contributed by atoms with Crippen molar-refractivity contribution in [1.82, 2.24) is 5.32 Å². The van der Waals surface area contributed by atoms with Crippen LogP contribution in [0.1, 0.15) is 18.4 Å². The number of carbonyl (C=O) groups excluding carboxylic acids is 1. The van der Waals surface area contributed by atoms with E-state index in [1.54, 1.807) is 7.11 Å². The lowest BCUT2D eigenvalue weighted by atomic mass is 10.4. The van der Waals surface area contributed by atoms with Gasteiger partial charge in [0, 0.05) is 20.6 Å². The van der Waals surface area contributed by atoms with E-state index in [9.17, 15) is 4.79 Å². The van der Waals surface area contributed by atoms with E-state index in [0.29, 0.717) is 13.2 Å². The first-order valence-electron chi connectivity index (χ1n) is 4.71. The van der Waals surface area contributed by atoms with Crippen molar-refractivity contribution in [2.24, 2.45) is 0 Å². The molecule has 0 saturated heterocycles. The number of hydrogen-bond donors (Lipinski definition) is 1. The van der Waals surface area contributed by atoms with Gasteiger partial charge in [-0.25, -0.2) is 0 Å². The van der Waals surface area contributed by atoms with Gasteiger partial charge >= 0.3 is 0 Å². The zero-order chi connectivity index (χ0) is 11.1. The highest BCUT2D eigenvalue weighted by atomic mass is 16.5. The van der Waals surface area contributed by atoms with Crippen LogP contribution < -0.4 is 5.32 Å². The van der Waals surface area contributed by atoms with Crippen LogP contribution in [0.25, 0.3) is 6.08 Å². The Bertz CT molecular complexity index is 341. The third-order valence-electron chi connectivity index (χ3n) is 1.72. The van der Waals surface area contributed by atoms with Crippen molar-refractivity contribution in [3.05, 3.63) is 29.7 Å². The molecule has 1 N–H and O–H groups in total. The van der Waals surface area contributed by atoms with Crippen molar-refractivity contribution in [2.75, 3.05) is 13.7 Å². The molecule has 1 heterocycles. The van der Waals surface area contributed by atoms with E-state index >= 15 is 0 Å². The Kier molecular flexibility index (Phi) is 4.63. The van der Waals surface area contributed by atoms with Gasteiger partial charge in [-0.05, 0) is 18.2 Å². The van der Waals surface area contributed by atoms with Crippen molar-refractivity contribution in [3.8, 4) is 0 Å². The fourth-order valence-corrected chi connectivity index (χ4v) is 1.08. The van der Waals surface area contributed by atoms with Crippen LogP contribution in [0.3, 0.4) is 0 Å². The van der Waals surface area contributed by atoms with Crippen molar-refractivity contribution in [3.63, 3.8) is 0 Å². The lowest BCUT2D eigenvalue weighted by Crippen LogP contribution is -2.19. The summed E-state index contributed by atoms with van der Waals surface area (Å²) in [6, 6.07) is 3.72. The highest BCUT2D eigenvalue weighted by Crippen LogP contribution is 2.09. The lowest BCUT2D eigenvalue weighted by Gasteiger charge is -1.94. The summed E-state index contributed by atoms with van der Waals surface area (Å²) in [6.07, 6.45) is 3.64. The van der Waals surface area contributed by atoms with Gasteiger partial charge in [0.05, 0.1) is 0 Å². The maximum Gasteiger partial charge on any atom is 0.217 e. The van der Waals surface area contributed by atoms with Crippen LogP contribution in [-0.2, 0) is 16.1 Å². The third kappa shape index (κ3) is 4.46. The van der Waals surface area contributed by atoms with E-state index in [-0.39, 0.29) is 5.91 Å². The number of amides is 1. The molecule has 1 rings (SSSR count). The summed E-state index contributed by atoms with van der Waals surface area (Å²) in [5.74, 6) is 1.50. The van der Waals surface area contributed by atoms with Gasteiger partial charge in [-0.1, -0.05) is 6.08 Å². The number of carbonyl (C=O) groups is 1. The molecule has 0 bridgehead atoms. The Hall–Kier alpha value is -1.55. The topological polar surface area (TPSA) is 51.5 Å². The summed E-state index contributed by atoms with van der Waals surface area (Å²) >= 11 is 0. The maximum absolute atomic E-state index is 10.6. The summed E-state index contributed by atoms with van der Waals surface area (Å²) < 4.78 is 10.3. The molecule has 0 aliphatic carbocycles. The minimum absolute atomic E-state index is 0.0424. The summed E-state index contributed by atoms with van der Waals surface area (Å²) in [5.41, 5.74) is 0. The van der Waals surface area contributed by atoms with Gasteiger partial charge in [0.1, 0.15) is 18.1 Å². The van der Waals surface area contributed by atoms with E-state index in [2.05, 4.69) is 5.32 Å². The van der Waals surface area contributed by atoms with Gasteiger partial charge in [0.2, 0.25) is 5.91 Å². The van der Waals surface area contributed by atoms with Crippen LogP contribution in [0, 0.1) is 0 Å². The molecule has 0 saturated carbocycles. The summed E-state index contributed by atoms with van der Waals surface area (Å²) in [4.78, 5) is 10.6. The molecule has 0 aliphatic rings. The number of nitrogens with one attached hydrogen (secondary N) is 1. The van der Waals surface area contributed by atoms with Crippen LogP contribution in [0.5, 0.6) is 0 Å². The predicted molar refractivity (Wildman–Crippen MR) is 57.1 cm³/mol. The zero-order valence-electron chi connectivity index (χ0n) is 8.95. The second kappa shape index (κ2) is 6.03. The summed E-state index contributed by atoms with van der Waals surface area (Å²) in [7, 11) is 1.62. The Morgan fingerprint density at radius 1 is 1.60 bits per heavy atom. The quantitative estimate of drug-likeness (QED) is 0.800. The third-order valence-corrected chi connectivity index (χ3v) is 1.72. The smallest absolute Gasteiger partial charge is 0.217 e. The van der Waals surface area contributed by atoms with E-state index in [4.69, 9.17) is 9.15 Å². The monoisotopic (exact) mass is 209 g/mol. The number of furan rings is 1. The standard InChI is InChI=1S/C11H15NO3/c1-9(13)12-7-3-4-10-5-6-11(15-10)8-14-2/h3-6H,7-8H2,1-2H3,(H,12,13). The average Bonchev–Trinajstić information content (AvgIpc) is 2.61. The Labute approximate surface area is 88.9 Å². The van der Waals surface area contributed by atoms with Crippen molar-refractivity contribution in [1.29, 1.82) is 0 Å². The first-order valence-corrected chi connectivity index (χ1v) is 4.71. The zero-order valence-corrected chi connectivity index (χ0v) is 8.95. The molecule has 0 spiro atoms. The molecule has 0 radical (unpaired) electrons. The molecule has 4 nitrogen and oxygen atoms in total. The van der Waals surface area contributed by atoms with Crippen LogP contribution in [0.2, 0.25) is 0 Å². The lowest BCUT2D eigenvalue weighted by molar-refractivity contribution is -0.118. The molecule has 0 fully saturated rings. The van der Waals surface area contributed by atoms with Gasteiger partial charge < -0.3 is 14.5 Å². The molecule has 0 unspecified atom stereocenters. The first kappa shape index (κ1) is 11.5. The maximum atomic E-state index is 10.6. The predicted octanol–water partition coefficient (Wildman–Crippen LogP) is 1.58. The van der Waals surface area contributed by atoms with Crippen molar-refractivity contribution < 1.29 is 13.9 Å². The fraction of sp³-hybridized carbons (Fsp3) is 0.364. The largest absolute Gasteiger partial charge is 0.459 e. The van der Waals surface area contributed by atoms with Crippen LogP contribution in [0.15, 0.2) is 22.6 Å². The van der Waals surface area contributed by atoms with Gasteiger partial charge in [0.15, 0.2) is 0 Å². The molecule has 0 atom stereocenters. The number of methoxy groups -OCH3 is 1. The van der Waals surface area contributed by atoms with Crippen LogP contribution >= 0.6 is 0 Å². The Balaban J connectivity index is 2.39. The molecule has 15 heavy (non-hydrogen) atoms. The minimum Gasteiger partial charge on any atom is -0.459 e. The molecule has 1 aromatic rings.